The second-order valence-corrected chi connectivity index (χ2v) is 6.48. The highest BCUT2D eigenvalue weighted by Crippen LogP contribution is 2.47. The lowest BCUT2D eigenvalue weighted by Crippen LogP contribution is -2.48. The molecule has 3 rings (SSSR count). The van der Waals surface area contributed by atoms with E-state index in [0.29, 0.717) is 17.9 Å². The Morgan fingerprint density at radius 1 is 1.48 bits per heavy atom. The smallest absolute Gasteiger partial charge is 0.137 e. The third-order valence-corrected chi connectivity index (χ3v) is 4.71. The van der Waals surface area contributed by atoms with E-state index in [1.807, 2.05) is 31.2 Å². The van der Waals surface area contributed by atoms with E-state index >= 15 is 0 Å². The SMILES string of the molecule is COc1cccc([C@@H]2c3c(noc3C)C[C@](C)(O)[C@H]2C(C)=O)c1. The van der Waals surface area contributed by atoms with Crippen molar-refractivity contribution in [2.24, 2.45) is 5.92 Å². The number of carbonyl (C=O) groups excluding carboxylic acids is 1. The lowest BCUT2D eigenvalue weighted by molar-refractivity contribution is -0.130. The molecule has 1 N–H and O–H groups in total. The lowest BCUT2D eigenvalue weighted by Gasteiger charge is -2.40. The highest BCUT2D eigenvalue weighted by molar-refractivity contribution is 5.82. The van der Waals surface area contributed by atoms with Crippen LogP contribution in [0.15, 0.2) is 28.8 Å². The predicted molar refractivity (Wildman–Crippen MR) is 84.6 cm³/mol. The Kier molecular flexibility index (Phi) is 3.76. The van der Waals surface area contributed by atoms with E-state index in [1.165, 1.54) is 6.92 Å². The molecule has 1 aromatic carbocycles. The number of aliphatic hydroxyl groups is 1. The van der Waals surface area contributed by atoms with Gasteiger partial charge in [-0.3, -0.25) is 4.79 Å². The molecule has 0 amide bonds. The largest absolute Gasteiger partial charge is 0.497 e. The Labute approximate surface area is 135 Å². The van der Waals surface area contributed by atoms with Crippen LogP contribution in [-0.2, 0) is 11.2 Å². The topological polar surface area (TPSA) is 72.6 Å². The molecule has 3 atom stereocenters. The summed E-state index contributed by atoms with van der Waals surface area (Å²) in [5.41, 5.74) is 1.37. The van der Waals surface area contributed by atoms with Gasteiger partial charge in [0.05, 0.1) is 24.3 Å². The minimum Gasteiger partial charge on any atom is -0.497 e. The third kappa shape index (κ3) is 2.55. The molecule has 122 valence electrons. The molecule has 1 aromatic heterocycles. The molecule has 0 unspecified atom stereocenters. The molecule has 1 aliphatic rings. The van der Waals surface area contributed by atoms with Gasteiger partial charge in [-0.1, -0.05) is 17.3 Å². The van der Waals surface area contributed by atoms with E-state index < -0.39 is 11.5 Å². The number of fused-ring (bicyclic) bond motifs is 1. The Morgan fingerprint density at radius 2 is 2.22 bits per heavy atom. The maximum absolute atomic E-state index is 12.4. The average Bonchev–Trinajstić information content (AvgIpc) is 2.85. The summed E-state index contributed by atoms with van der Waals surface area (Å²) < 4.78 is 10.7. The zero-order chi connectivity index (χ0) is 16.8. The minimum atomic E-state index is -1.17. The number of benzene rings is 1. The lowest BCUT2D eigenvalue weighted by atomic mass is 9.64. The number of aromatic nitrogens is 1. The zero-order valence-electron chi connectivity index (χ0n) is 13.8. The van der Waals surface area contributed by atoms with Gasteiger partial charge in [-0.15, -0.1) is 0 Å². The predicted octanol–water partition coefficient (Wildman–Crippen LogP) is 2.64. The molecular weight excluding hydrogens is 294 g/mol. The molecule has 5 heteroatoms. The van der Waals surface area contributed by atoms with Crippen molar-refractivity contribution in [3.05, 3.63) is 46.8 Å². The van der Waals surface area contributed by atoms with Gasteiger partial charge in [0.15, 0.2) is 0 Å². The van der Waals surface area contributed by atoms with Crippen LogP contribution in [0.3, 0.4) is 0 Å². The summed E-state index contributed by atoms with van der Waals surface area (Å²) in [4.78, 5) is 12.4. The standard InChI is InChI=1S/C18H21NO4/c1-10(20)17-16(12-6-5-7-13(8-12)22-4)15-11(2)23-19-14(15)9-18(17,3)21/h5-8,16-17,21H,9H2,1-4H3/t16-,17+,18+/m1/s1. The summed E-state index contributed by atoms with van der Waals surface area (Å²) >= 11 is 0. The van der Waals surface area contributed by atoms with Crippen molar-refractivity contribution >= 4 is 5.78 Å². The van der Waals surface area contributed by atoms with Gasteiger partial charge in [-0.05, 0) is 38.5 Å². The number of aryl methyl sites for hydroxylation is 1. The summed E-state index contributed by atoms with van der Waals surface area (Å²) in [6.07, 6.45) is 0.310. The Balaban J connectivity index is 2.23. The fourth-order valence-corrected chi connectivity index (χ4v) is 3.79. The highest BCUT2D eigenvalue weighted by atomic mass is 16.5. The van der Waals surface area contributed by atoms with Gasteiger partial charge < -0.3 is 14.4 Å². The Bertz CT molecular complexity index is 747. The molecular formula is C18H21NO4. The highest BCUT2D eigenvalue weighted by Gasteiger charge is 2.49. The maximum atomic E-state index is 12.4. The number of ether oxygens (including phenoxy) is 1. The van der Waals surface area contributed by atoms with Crippen LogP contribution in [0.5, 0.6) is 5.75 Å². The van der Waals surface area contributed by atoms with Gasteiger partial charge in [0, 0.05) is 17.9 Å². The van der Waals surface area contributed by atoms with E-state index in [9.17, 15) is 9.90 Å². The number of hydrogen-bond donors (Lipinski definition) is 1. The van der Waals surface area contributed by atoms with E-state index in [0.717, 1.165) is 16.8 Å². The van der Waals surface area contributed by atoms with E-state index in [4.69, 9.17) is 9.26 Å². The zero-order valence-corrected chi connectivity index (χ0v) is 13.8. The fraction of sp³-hybridized carbons (Fsp3) is 0.444. The first kappa shape index (κ1) is 15.7. The van der Waals surface area contributed by atoms with Crippen molar-refractivity contribution in [2.75, 3.05) is 7.11 Å². The molecule has 0 radical (unpaired) electrons. The molecule has 23 heavy (non-hydrogen) atoms. The van der Waals surface area contributed by atoms with E-state index in [2.05, 4.69) is 5.16 Å². The van der Waals surface area contributed by atoms with Crippen LogP contribution in [0.25, 0.3) is 0 Å². The number of Topliss-reactive ketones (excluding diaryl/α,β-unsaturated/α-hetero) is 1. The normalized spacial score (nSPS) is 26.7. The second kappa shape index (κ2) is 5.49. The molecule has 2 aromatic rings. The van der Waals surface area contributed by atoms with E-state index in [-0.39, 0.29) is 11.7 Å². The number of nitrogens with zero attached hydrogens (tertiary/aromatic N) is 1. The van der Waals surface area contributed by atoms with Crippen molar-refractivity contribution in [2.45, 2.75) is 38.7 Å². The number of hydrogen-bond acceptors (Lipinski definition) is 5. The Hall–Kier alpha value is -2.14. The van der Waals surface area contributed by atoms with Crippen LogP contribution in [0.1, 0.15) is 42.3 Å². The first-order valence-electron chi connectivity index (χ1n) is 7.67. The van der Waals surface area contributed by atoms with Gasteiger partial charge in [0.2, 0.25) is 0 Å². The molecule has 1 aliphatic carbocycles. The van der Waals surface area contributed by atoms with Gasteiger partial charge in [0.25, 0.3) is 0 Å². The van der Waals surface area contributed by atoms with Crippen molar-refractivity contribution in [3.8, 4) is 5.75 Å². The summed E-state index contributed by atoms with van der Waals surface area (Å²) in [5.74, 6) is 0.502. The van der Waals surface area contributed by atoms with E-state index in [1.54, 1.807) is 14.0 Å². The van der Waals surface area contributed by atoms with Crippen LogP contribution in [-0.4, -0.2) is 28.8 Å². The van der Waals surface area contributed by atoms with Gasteiger partial charge >= 0.3 is 0 Å². The monoisotopic (exact) mass is 315 g/mol. The number of rotatable bonds is 3. The van der Waals surface area contributed by atoms with Crippen molar-refractivity contribution in [1.29, 1.82) is 0 Å². The van der Waals surface area contributed by atoms with Crippen LogP contribution in [0.2, 0.25) is 0 Å². The van der Waals surface area contributed by atoms with Crippen molar-refractivity contribution in [1.82, 2.24) is 5.16 Å². The average molecular weight is 315 g/mol. The van der Waals surface area contributed by atoms with Gasteiger partial charge in [-0.2, -0.15) is 0 Å². The minimum absolute atomic E-state index is 0.0472. The van der Waals surface area contributed by atoms with Crippen molar-refractivity contribution < 1.29 is 19.2 Å². The molecule has 0 aliphatic heterocycles. The number of carbonyl (C=O) groups is 1. The first-order valence-corrected chi connectivity index (χ1v) is 7.67. The quantitative estimate of drug-likeness (QED) is 0.942. The van der Waals surface area contributed by atoms with Crippen LogP contribution in [0.4, 0.5) is 0 Å². The van der Waals surface area contributed by atoms with Crippen molar-refractivity contribution in [3.63, 3.8) is 0 Å². The second-order valence-electron chi connectivity index (χ2n) is 6.48. The fourth-order valence-electron chi connectivity index (χ4n) is 3.79. The van der Waals surface area contributed by atoms with Crippen LogP contribution >= 0.6 is 0 Å². The number of ketones is 1. The molecule has 0 saturated heterocycles. The van der Waals surface area contributed by atoms with Crippen LogP contribution in [0, 0.1) is 12.8 Å². The summed E-state index contributed by atoms with van der Waals surface area (Å²) in [6, 6.07) is 7.59. The molecule has 0 saturated carbocycles. The van der Waals surface area contributed by atoms with Gasteiger partial charge in [0.1, 0.15) is 17.3 Å². The molecule has 1 heterocycles. The Morgan fingerprint density at radius 3 is 2.87 bits per heavy atom. The number of methoxy groups -OCH3 is 1. The molecule has 0 fully saturated rings. The third-order valence-electron chi connectivity index (χ3n) is 4.71. The van der Waals surface area contributed by atoms with Crippen LogP contribution < -0.4 is 4.74 Å². The summed E-state index contributed by atoms with van der Waals surface area (Å²) in [6.45, 7) is 5.07. The molecule has 0 bridgehead atoms. The summed E-state index contributed by atoms with van der Waals surface area (Å²) in [7, 11) is 1.61. The molecule has 5 nitrogen and oxygen atoms in total. The molecule has 0 spiro atoms. The van der Waals surface area contributed by atoms with Gasteiger partial charge in [-0.25, -0.2) is 0 Å². The first-order chi connectivity index (χ1) is 10.8. The maximum Gasteiger partial charge on any atom is 0.137 e. The summed E-state index contributed by atoms with van der Waals surface area (Å²) in [5, 5.41) is 15.0.